The first-order chi connectivity index (χ1) is 30.7. The number of amides is 5. The van der Waals surface area contributed by atoms with Crippen LogP contribution >= 0.6 is 0 Å². The van der Waals surface area contributed by atoms with Crippen molar-refractivity contribution in [3.63, 3.8) is 0 Å². The molecule has 1 aliphatic carbocycles. The van der Waals surface area contributed by atoms with Crippen LogP contribution in [0.4, 0.5) is 17.1 Å². The summed E-state index contributed by atoms with van der Waals surface area (Å²) >= 11 is 0. The number of nitrogens with one attached hydrogen (secondary N) is 4. The molecule has 5 aliphatic rings. The average molecular weight is 852 g/mol. The Morgan fingerprint density at radius 3 is 2.37 bits per heavy atom. The SMILES string of the molecule is O=C1CCC(N2C(=O)c3cccc(NCCCC4CCC(CCCC(=O)Nc5cccc(-c6ccc7c(c6)[C@H]6[C@H](CCN6Cc6ccncc6)[C@@H](CO)N7)c5)CC4)c3C2=O)C(=O)N1. The summed E-state index contributed by atoms with van der Waals surface area (Å²) in [6, 6.07) is 23.2. The number of aliphatic hydroxyl groups excluding tert-OH is 1. The van der Waals surface area contributed by atoms with Gasteiger partial charge in [0, 0.05) is 67.3 Å². The quantitative estimate of drug-likeness (QED) is 0.0604. The number of imide groups is 2. The van der Waals surface area contributed by atoms with Crippen molar-refractivity contribution in [3.05, 3.63) is 107 Å². The predicted molar refractivity (Wildman–Crippen MR) is 241 cm³/mol. The van der Waals surface area contributed by atoms with Gasteiger partial charge in [0.1, 0.15) is 6.04 Å². The number of hydrogen-bond acceptors (Lipinski definition) is 10. The largest absolute Gasteiger partial charge is 0.394 e. The second-order valence-corrected chi connectivity index (χ2v) is 18.1. The molecule has 5 amide bonds. The number of piperidine rings is 1. The number of anilines is 3. The zero-order valence-corrected chi connectivity index (χ0v) is 35.7. The summed E-state index contributed by atoms with van der Waals surface area (Å²) in [6.07, 6.45) is 14.0. The number of aromatic nitrogens is 1. The van der Waals surface area contributed by atoms with Crippen molar-refractivity contribution in [1.82, 2.24) is 20.1 Å². The number of carbonyl (C=O) groups is 5. The van der Waals surface area contributed by atoms with Crippen LogP contribution in [-0.2, 0) is 20.9 Å². The predicted octanol–water partition coefficient (Wildman–Crippen LogP) is 7.31. The normalized spacial score (nSPS) is 24.3. The highest BCUT2D eigenvalue weighted by atomic mass is 16.3. The first-order valence-corrected chi connectivity index (χ1v) is 22.9. The smallest absolute Gasteiger partial charge is 0.264 e. The first-order valence-electron chi connectivity index (χ1n) is 22.9. The van der Waals surface area contributed by atoms with E-state index in [0.29, 0.717) is 42.0 Å². The van der Waals surface area contributed by atoms with Crippen LogP contribution < -0.4 is 21.3 Å². The van der Waals surface area contributed by atoms with Gasteiger partial charge in [-0.1, -0.05) is 49.9 Å². The molecule has 13 nitrogen and oxygen atoms in total. The van der Waals surface area contributed by atoms with Crippen molar-refractivity contribution in [2.24, 2.45) is 17.8 Å². The van der Waals surface area contributed by atoms with Crippen LogP contribution in [0.1, 0.15) is 115 Å². The summed E-state index contributed by atoms with van der Waals surface area (Å²) in [6.45, 7) is 2.56. The lowest BCUT2D eigenvalue weighted by Crippen LogP contribution is -2.54. The third-order valence-corrected chi connectivity index (χ3v) is 14.1. The highest BCUT2D eigenvalue weighted by Crippen LogP contribution is 2.48. The molecule has 1 saturated carbocycles. The van der Waals surface area contributed by atoms with E-state index >= 15 is 0 Å². The number of rotatable bonds is 15. The van der Waals surface area contributed by atoms with E-state index in [9.17, 15) is 29.1 Å². The second-order valence-electron chi connectivity index (χ2n) is 18.1. The molecule has 328 valence electrons. The van der Waals surface area contributed by atoms with Crippen LogP contribution in [0.3, 0.4) is 0 Å². The fourth-order valence-corrected chi connectivity index (χ4v) is 10.9. The Bertz CT molecular complexity index is 2360. The molecule has 0 spiro atoms. The van der Waals surface area contributed by atoms with Gasteiger partial charge < -0.3 is 21.1 Å². The van der Waals surface area contributed by atoms with Gasteiger partial charge in [-0.25, -0.2) is 0 Å². The average Bonchev–Trinajstić information content (AvgIpc) is 3.83. The maximum absolute atomic E-state index is 13.4. The summed E-state index contributed by atoms with van der Waals surface area (Å²) in [4.78, 5) is 71.6. The zero-order chi connectivity index (χ0) is 43.5. The number of carbonyl (C=O) groups excluding carboxylic acids is 5. The Morgan fingerprint density at radius 1 is 0.825 bits per heavy atom. The molecular weight excluding hydrogens is 795 g/mol. The Morgan fingerprint density at radius 2 is 1.59 bits per heavy atom. The van der Waals surface area contributed by atoms with E-state index in [1.165, 1.54) is 36.8 Å². The molecule has 4 aliphatic heterocycles. The van der Waals surface area contributed by atoms with Crippen LogP contribution in [0.5, 0.6) is 0 Å². The molecule has 3 aromatic carbocycles. The van der Waals surface area contributed by atoms with E-state index in [0.717, 1.165) is 72.6 Å². The van der Waals surface area contributed by atoms with Crippen molar-refractivity contribution in [1.29, 1.82) is 0 Å². The van der Waals surface area contributed by atoms with Crippen LogP contribution in [0, 0.1) is 17.8 Å². The number of nitrogens with zero attached hydrogens (tertiary/aromatic N) is 3. The number of pyridine rings is 1. The third kappa shape index (κ3) is 9.12. The van der Waals surface area contributed by atoms with Crippen molar-refractivity contribution in [3.8, 4) is 11.1 Å². The Hall–Kier alpha value is -5.92. The molecule has 0 bridgehead atoms. The lowest BCUT2D eigenvalue weighted by molar-refractivity contribution is -0.136. The summed E-state index contributed by atoms with van der Waals surface area (Å²) in [5.74, 6) is -0.382. The van der Waals surface area contributed by atoms with Crippen molar-refractivity contribution >= 4 is 46.6 Å². The van der Waals surface area contributed by atoms with Crippen molar-refractivity contribution in [2.45, 2.75) is 102 Å². The number of likely N-dealkylation sites (tertiary alicyclic amines) is 1. The number of benzene rings is 3. The van der Waals surface area contributed by atoms with Gasteiger partial charge in [0.15, 0.2) is 0 Å². The lowest BCUT2D eigenvalue weighted by Gasteiger charge is -2.39. The molecule has 4 aromatic rings. The maximum atomic E-state index is 13.4. The summed E-state index contributed by atoms with van der Waals surface area (Å²) < 4.78 is 0. The highest BCUT2D eigenvalue weighted by molar-refractivity contribution is 6.25. The van der Waals surface area contributed by atoms with Crippen LogP contribution in [-0.4, -0.2) is 81.2 Å². The Balaban J connectivity index is 0.713. The van der Waals surface area contributed by atoms with E-state index in [4.69, 9.17) is 0 Å². The maximum Gasteiger partial charge on any atom is 0.264 e. The second kappa shape index (κ2) is 18.8. The molecule has 4 atom stereocenters. The molecule has 5 heterocycles. The summed E-state index contributed by atoms with van der Waals surface area (Å²) in [5, 5.41) is 22.7. The monoisotopic (exact) mass is 851 g/mol. The highest BCUT2D eigenvalue weighted by Gasteiger charge is 2.46. The van der Waals surface area contributed by atoms with Gasteiger partial charge >= 0.3 is 0 Å². The van der Waals surface area contributed by atoms with Gasteiger partial charge in [-0.15, -0.1) is 0 Å². The van der Waals surface area contributed by atoms with Gasteiger partial charge in [-0.05, 0) is 128 Å². The van der Waals surface area contributed by atoms with Gasteiger partial charge in [0.25, 0.3) is 11.8 Å². The summed E-state index contributed by atoms with van der Waals surface area (Å²) in [7, 11) is 0. The van der Waals surface area contributed by atoms with Crippen LogP contribution in [0.25, 0.3) is 11.1 Å². The summed E-state index contributed by atoms with van der Waals surface area (Å²) in [5.41, 5.74) is 7.68. The topological polar surface area (TPSA) is 173 Å². The first kappa shape index (κ1) is 42.4. The minimum Gasteiger partial charge on any atom is -0.394 e. The van der Waals surface area contributed by atoms with Gasteiger partial charge in [0.2, 0.25) is 17.7 Å². The van der Waals surface area contributed by atoms with E-state index in [2.05, 4.69) is 73.6 Å². The molecule has 1 unspecified atom stereocenters. The molecule has 1 aromatic heterocycles. The van der Waals surface area contributed by atoms with Crippen LogP contribution in [0.2, 0.25) is 0 Å². The van der Waals surface area contributed by atoms with Crippen molar-refractivity contribution in [2.75, 3.05) is 35.6 Å². The molecule has 2 saturated heterocycles. The molecule has 9 rings (SSSR count). The van der Waals surface area contributed by atoms with Gasteiger partial charge in [-0.3, -0.25) is 44.1 Å². The molecule has 3 fully saturated rings. The zero-order valence-electron chi connectivity index (χ0n) is 35.7. The standard InChI is InChI=1S/C50H57N7O6/c58-30-42-37-22-26-56(29-33-20-24-51-25-21-33)47(37)39-28-35(16-17-40(39)54-42)34-7-2-8-36(27-34)53-44(59)11-1-5-31-12-14-32(15-13-31)6-4-23-52-41-10-3-9-38-46(41)50(63)57(49(38)62)43-18-19-45(60)55-48(43)61/h2-3,7-10,16-17,20-21,24-25,27-28,31-32,37,42-43,47,52,54,58H,1,4-6,11-15,18-19,22-23,26,29-30H2,(H,53,59)(H,55,60,61)/t31?,32?,37-,42-,43?,47-/m1/s1. The van der Waals surface area contributed by atoms with E-state index in [-0.39, 0.29) is 43.0 Å². The minimum absolute atomic E-state index is 0.0163. The van der Waals surface area contributed by atoms with E-state index < -0.39 is 29.7 Å². The number of fused-ring (bicyclic) bond motifs is 4. The molecule has 63 heavy (non-hydrogen) atoms. The van der Waals surface area contributed by atoms with Crippen LogP contribution in [0.15, 0.2) is 85.2 Å². The minimum atomic E-state index is -0.983. The molecular formula is C50H57N7O6. The Kier molecular flexibility index (Phi) is 12.7. The fourth-order valence-electron chi connectivity index (χ4n) is 10.9. The lowest BCUT2D eigenvalue weighted by atomic mass is 9.78. The molecule has 5 N–H and O–H groups in total. The molecule has 13 heteroatoms. The van der Waals surface area contributed by atoms with E-state index in [1.54, 1.807) is 18.2 Å². The van der Waals surface area contributed by atoms with Crippen molar-refractivity contribution < 1.29 is 29.1 Å². The molecule has 0 radical (unpaired) electrons. The van der Waals surface area contributed by atoms with E-state index in [1.807, 2.05) is 24.5 Å². The third-order valence-electron chi connectivity index (χ3n) is 14.1. The fraction of sp³-hybridized carbons (Fsp3) is 0.440. The Labute approximate surface area is 368 Å². The number of aliphatic hydroxyl groups is 1. The van der Waals surface area contributed by atoms with Gasteiger partial charge in [-0.2, -0.15) is 0 Å². The van der Waals surface area contributed by atoms with Gasteiger partial charge in [0.05, 0.1) is 23.8 Å². The number of hydrogen-bond donors (Lipinski definition) is 5.